The van der Waals surface area contributed by atoms with Gasteiger partial charge >= 0.3 is 11.6 Å². The summed E-state index contributed by atoms with van der Waals surface area (Å²) in [5.41, 5.74) is -1.49. The molecule has 7 heteroatoms. The van der Waals surface area contributed by atoms with Gasteiger partial charge in [-0.1, -0.05) is 6.92 Å². The first-order chi connectivity index (χ1) is 12.3. The Labute approximate surface area is 149 Å². The van der Waals surface area contributed by atoms with Gasteiger partial charge in [0, 0.05) is 17.9 Å². The van der Waals surface area contributed by atoms with Crippen LogP contribution in [0.15, 0.2) is 33.5 Å². The minimum Gasteiger partial charge on any atom is -0.486 e. The Balaban J connectivity index is 1.60. The summed E-state index contributed by atoms with van der Waals surface area (Å²) in [6, 6.07) is 6.49. The van der Waals surface area contributed by atoms with E-state index < -0.39 is 17.3 Å². The molecule has 4 rings (SSSR count). The Hall–Kier alpha value is -2.54. The fourth-order valence-corrected chi connectivity index (χ4v) is 3.50. The molecular formula is C19H20O7. The summed E-state index contributed by atoms with van der Waals surface area (Å²) in [5.74, 6) is 0.344. The van der Waals surface area contributed by atoms with Crippen molar-refractivity contribution in [1.29, 1.82) is 0 Å². The van der Waals surface area contributed by atoms with Gasteiger partial charge in [-0.2, -0.15) is 0 Å². The summed E-state index contributed by atoms with van der Waals surface area (Å²) in [7, 11) is 0. The van der Waals surface area contributed by atoms with Gasteiger partial charge in [0.05, 0.1) is 5.92 Å². The third-order valence-corrected chi connectivity index (χ3v) is 4.99. The number of ether oxygens (including phenoxy) is 3. The van der Waals surface area contributed by atoms with Gasteiger partial charge in [0.25, 0.3) is 0 Å². The second-order valence-electron chi connectivity index (χ2n) is 7.24. The van der Waals surface area contributed by atoms with Crippen LogP contribution in [0.5, 0.6) is 11.5 Å². The molecule has 1 N–H and O–H groups in total. The molecule has 2 aliphatic rings. The molecule has 1 aromatic heterocycles. The minimum absolute atomic E-state index is 0.138. The van der Waals surface area contributed by atoms with Crippen molar-refractivity contribution in [2.75, 3.05) is 6.61 Å². The van der Waals surface area contributed by atoms with Crippen LogP contribution in [0.2, 0.25) is 0 Å². The summed E-state index contributed by atoms with van der Waals surface area (Å²) in [6.07, 6.45) is -0.248. The van der Waals surface area contributed by atoms with E-state index in [-0.39, 0.29) is 36.6 Å². The van der Waals surface area contributed by atoms with E-state index in [1.165, 1.54) is 6.07 Å². The van der Waals surface area contributed by atoms with E-state index in [2.05, 4.69) is 0 Å². The largest absolute Gasteiger partial charge is 0.486 e. The second kappa shape index (κ2) is 6.02. The summed E-state index contributed by atoms with van der Waals surface area (Å²) in [6.45, 7) is 3.57. The van der Waals surface area contributed by atoms with Crippen molar-refractivity contribution in [1.82, 2.24) is 0 Å². The van der Waals surface area contributed by atoms with Crippen LogP contribution in [0.3, 0.4) is 0 Å². The van der Waals surface area contributed by atoms with Crippen molar-refractivity contribution in [2.24, 2.45) is 5.92 Å². The third-order valence-electron chi connectivity index (χ3n) is 4.99. The van der Waals surface area contributed by atoms with E-state index in [1.54, 1.807) is 25.1 Å². The minimum atomic E-state index is -1.29. The Morgan fingerprint density at radius 1 is 1.19 bits per heavy atom. The smallest absolute Gasteiger partial charge is 0.336 e. The standard InChI is InChI=1S/C19H20O7/c1-10-7-12(24-18(10)21)8-19(2,22)14-9-23-13-5-3-11-4-6-15(20)26-16(11)17(13)25-14/h3-6,10,12,14,22H,7-9H2,1-2H3/t10-,12+,14-,19-/m1/s1. The molecule has 2 aliphatic heterocycles. The van der Waals surface area contributed by atoms with E-state index in [0.29, 0.717) is 23.3 Å². The van der Waals surface area contributed by atoms with Gasteiger partial charge in [-0.3, -0.25) is 4.79 Å². The number of hydrogen-bond donors (Lipinski definition) is 1. The Morgan fingerprint density at radius 2 is 1.96 bits per heavy atom. The van der Waals surface area contributed by atoms with Crippen LogP contribution in [0, 0.1) is 5.92 Å². The first-order valence-corrected chi connectivity index (χ1v) is 8.63. The Bertz CT molecular complexity index is 914. The number of fused-ring (bicyclic) bond motifs is 3. The molecule has 0 radical (unpaired) electrons. The predicted molar refractivity (Wildman–Crippen MR) is 91.3 cm³/mol. The average molecular weight is 360 g/mol. The van der Waals surface area contributed by atoms with Crippen molar-refractivity contribution < 1.29 is 28.5 Å². The molecule has 4 atom stereocenters. The van der Waals surface area contributed by atoms with Gasteiger partial charge in [0.15, 0.2) is 17.4 Å². The fraction of sp³-hybridized carbons (Fsp3) is 0.474. The number of carbonyl (C=O) groups is 1. The number of esters is 1. The summed E-state index contributed by atoms with van der Waals surface area (Å²) in [4.78, 5) is 23.2. The number of carbonyl (C=O) groups excluding carboxylic acids is 1. The summed E-state index contributed by atoms with van der Waals surface area (Å²) < 4.78 is 22.3. The van der Waals surface area contributed by atoms with Gasteiger partial charge in [-0.25, -0.2) is 4.79 Å². The van der Waals surface area contributed by atoms with Gasteiger partial charge in [0.1, 0.15) is 18.3 Å². The highest BCUT2D eigenvalue weighted by molar-refractivity contribution is 5.85. The lowest BCUT2D eigenvalue weighted by Gasteiger charge is -2.37. The zero-order valence-corrected chi connectivity index (χ0v) is 14.6. The topological polar surface area (TPSA) is 95.2 Å². The van der Waals surface area contributed by atoms with E-state index in [9.17, 15) is 14.7 Å². The van der Waals surface area contributed by atoms with Crippen molar-refractivity contribution in [2.45, 2.75) is 44.5 Å². The van der Waals surface area contributed by atoms with Gasteiger partial charge in [0.2, 0.25) is 5.75 Å². The monoisotopic (exact) mass is 360 g/mol. The SMILES string of the molecule is C[C@@H]1C[C@@H](C[C@@](C)(O)[C@H]2COc3ccc4ccc(=O)oc4c3O2)OC1=O. The van der Waals surface area contributed by atoms with Crippen molar-refractivity contribution in [3.8, 4) is 11.5 Å². The summed E-state index contributed by atoms with van der Waals surface area (Å²) >= 11 is 0. The van der Waals surface area contributed by atoms with Crippen molar-refractivity contribution in [3.05, 3.63) is 34.7 Å². The molecule has 2 aromatic rings. The van der Waals surface area contributed by atoms with Crippen LogP contribution in [0.4, 0.5) is 0 Å². The van der Waals surface area contributed by atoms with Crippen LogP contribution in [0.1, 0.15) is 26.7 Å². The van der Waals surface area contributed by atoms with Gasteiger partial charge in [-0.15, -0.1) is 0 Å². The first-order valence-electron chi connectivity index (χ1n) is 8.63. The maximum absolute atomic E-state index is 11.6. The lowest BCUT2D eigenvalue weighted by molar-refractivity contribution is -0.148. The Morgan fingerprint density at radius 3 is 2.69 bits per heavy atom. The molecule has 0 saturated carbocycles. The maximum Gasteiger partial charge on any atom is 0.336 e. The molecular weight excluding hydrogens is 340 g/mol. The van der Waals surface area contributed by atoms with E-state index in [4.69, 9.17) is 18.6 Å². The lowest BCUT2D eigenvalue weighted by atomic mass is 9.89. The molecule has 1 fully saturated rings. The van der Waals surface area contributed by atoms with Gasteiger partial charge < -0.3 is 23.7 Å². The quantitative estimate of drug-likeness (QED) is 0.661. The number of cyclic esters (lactones) is 1. The predicted octanol–water partition coefficient (Wildman–Crippen LogP) is 2.03. The van der Waals surface area contributed by atoms with E-state index in [1.807, 2.05) is 6.92 Å². The van der Waals surface area contributed by atoms with Gasteiger partial charge in [-0.05, 0) is 31.5 Å². The first kappa shape index (κ1) is 16.9. The normalized spacial score (nSPS) is 27.2. The van der Waals surface area contributed by atoms with Crippen LogP contribution in [-0.4, -0.2) is 35.5 Å². The second-order valence-corrected chi connectivity index (χ2v) is 7.24. The number of rotatable bonds is 3. The summed E-state index contributed by atoms with van der Waals surface area (Å²) in [5, 5.41) is 11.6. The molecule has 0 amide bonds. The van der Waals surface area contributed by atoms with E-state index in [0.717, 1.165) is 0 Å². The van der Waals surface area contributed by atoms with Crippen LogP contribution < -0.4 is 15.1 Å². The van der Waals surface area contributed by atoms with Crippen LogP contribution in [-0.2, 0) is 9.53 Å². The number of hydrogen-bond acceptors (Lipinski definition) is 7. The van der Waals surface area contributed by atoms with Crippen molar-refractivity contribution >= 4 is 16.9 Å². The zero-order chi connectivity index (χ0) is 18.5. The third kappa shape index (κ3) is 2.92. The molecule has 0 aliphatic carbocycles. The molecule has 26 heavy (non-hydrogen) atoms. The molecule has 3 heterocycles. The molecule has 138 valence electrons. The molecule has 0 spiro atoms. The van der Waals surface area contributed by atoms with Crippen LogP contribution in [0.25, 0.3) is 11.0 Å². The molecule has 7 nitrogen and oxygen atoms in total. The molecule has 0 bridgehead atoms. The number of aliphatic hydroxyl groups is 1. The van der Waals surface area contributed by atoms with Crippen molar-refractivity contribution in [3.63, 3.8) is 0 Å². The van der Waals surface area contributed by atoms with E-state index >= 15 is 0 Å². The zero-order valence-electron chi connectivity index (χ0n) is 14.6. The molecule has 1 saturated heterocycles. The van der Waals surface area contributed by atoms with Crippen LogP contribution >= 0.6 is 0 Å². The molecule has 1 aromatic carbocycles. The highest BCUT2D eigenvalue weighted by Crippen LogP contribution is 2.41. The maximum atomic E-state index is 11.6. The molecule has 0 unspecified atom stereocenters. The number of benzene rings is 1. The lowest BCUT2D eigenvalue weighted by Crippen LogP contribution is -2.50. The Kier molecular flexibility index (Phi) is 3.91. The fourth-order valence-electron chi connectivity index (χ4n) is 3.50. The average Bonchev–Trinajstić information content (AvgIpc) is 2.91. The highest BCUT2D eigenvalue weighted by atomic mass is 16.6. The highest BCUT2D eigenvalue weighted by Gasteiger charge is 2.43.